The number of anilines is 2. The van der Waals surface area contributed by atoms with E-state index in [1.807, 2.05) is 0 Å². The van der Waals surface area contributed by atoms with Crippen molar-refractivity contribution in [2.45, 2.75) is 20.4 Å². The molecule has 0 aliphatic carbocycles. The summed E-state index contributed by atoms with van der Waals surface area (Å²) in [5.41, 5.74) is 1.06. The quantitative estimate of drug-likeness (QED) is 0.604. The minimum Gasteiger partial charge on any atom is -0.465 e. The van der Waals surface area contributed by atoms with Gasteiger partial charge >= 0.3 is 12.1 Å². The monoisotopic (exact) mass is 427 g/mol. The van der Waals surface area contributed by atoms with Crippen LogP contribution in [0.3, 0.4) is 0 Å². The van der Waals surface area contributed by atoms with Crippen LogP contribution in [0.5, 0.6) is 5.88 Å². The van der Waals surface area contributed by atoms with Gasteiger partial charge in [-0.2, -0.15) is 4.80 Å². The summed E-state index contributed by atoms with van der Waals surface area (Å²) in [5, 5.41) is 11.6. The number of esters is 1. The molecule has 0 fully saturated rings. The van der Waals surface area contributed by atoms with Crippen LogP contribution >= 0.6 is 12.4 Å². The van der Waals surface area contributed by atoms with Gasteiger partial charge in [0, 0.05) is 12.2 Å². The molecule has 0 bridgehead atoms. The first kappa shape index (κ1) is 24.2. The predicted molar refractivity (Wildman–Crippen MR) is 109 cm³/mol. The van der Waals surface area contributed by atoms with Crippen LogP contribution in [-0.4, -0.2) is 65.9 Å². The lowest BCUT2D eigenvalue weighted by Crippen LogP contribution is -2.27. The van der Waals surface area contributed by atoms with Gasteiger partial charge in [0.1, 0.15) is 0 Å². The third kappa shape index (κ3) is 6.91. The second kappa shape index (κ2) is 11.9. The normalized spacial score (nSPS) is 10.2. The highest BCUT2D eigenvalue weighted by Crippen LogP contribution is 2.24. The summed E-state index contributed by atoms with van der Waals surface area (Å²) in [7, 11) is 2.53. The van der Waals surface area contributed by atoms with Gasteiger partial charge in [0.25, 0.3) is 5.88 Å². The van der Waals surface area contributed by atoms with Gasteiger partial charge in [0.05, 0.1) is 26.3 Å². The van der Waals surface area contributed by atoms with E-state index < -0.39 is 12.1 Å². The molecule has 1 heterocycles. The Morgan fingerprint density at radius 3 is 2.28 bits per heavy atom. The Hall–Kier alpha value is -2.85. The van der Waals surface area contributed by atoms with Crippen LogP contribution in [-0.2, 0) is 16.0 Å². The summed E-state index contributed by atoms with van der Waals surface area (Å²) in [6.07, 6.45) is -0.889. The van der Waals surface area contributed by atoms with Crippen LogP contribution in [0.25, 0.3) is 0 Å². The molecule has 2 rings (SSSR count). The Balaban J connectivity index is 0.00000420. The smallest absolute Gasteiger partial charge is 0.465 e. The highest BCUT2D eigenvalue weighted by Gasteiger charge is 2.17. The van der Waals surface area contributed by atoms with Crippen molar-refractivity contribution in [2.24, 2.45) is 0 Å². The van der Waals surface area contributed by atoms with Crippen molar-refractivity contribution in [3.8, 4) is 5.88 Å². The van der Waals surface area contributed by atoms with E-state index in [9.17, 15) is 9.59 Å². The lowest BCUT2D eigenvalue weighted by atomic mass is 10.2. The number of methoxy groups -OCH3 is 2. The van der Waals surface area contributed by atoms with Crippen LogP contribution in [0.4, 0.5) is 16.3 Å². The van der Waals surface area contributed by atoms with Gasteiger partial charge in [-0.1, -0.05) is 13.8 Å². The predicted octanol–water partition coefficient (Wildman–Crippen LogP) is 2.72. The molecule has 0 radical (unpaired) electrons. The number of halogens is 1. The van der Waals surface area contributed by atoms with Gasteiger partial charge < -0.3 is 24.4 Å². The number of hydrogen-bond donors (Lipinski definition) is 1. The molecule has 2 aromatic rings. The molecule has 0 aliphatic heterocycles. The first-order chi connectivity index (χ1) is 13.5. The average molecular weight is 428 g/mol. The van der Waals surface area contributed by atoms with Gasteiger partial charge in [-0.25, -0.2) is 9.59 Å². The van der Waals surface area contributed by atoms with Crippen molar-refractivity contribution >= 4 is 36.0 Å². The van der Waals surface area contributed by atoms with Crippen LogP contribution in [0.1, 0.15) is 24.2 Å². The molecular weight excluding hydrogens is 402 g/mol. The number of carbonyl (C=O) groups is 2. The molecule has 0 spiro atoms. The van der Waals surface area contributed by atoms with E-state index in [4.69, 9.17) is 4.74 Å². The maximum Gasteiger partial charge on any atom is 0.515 e. The average Bonchev–Trinajstić information content (AvgIpc) is 3.09. The number of nitrogens with one attached hydrogen (secondary N) is 1. The zero-order valence-corrected chi connectivity index (χ0v) is 17.7. The van der Waals surface area contributed by atoms with Gasteiger partial charge in [0.2, 0.25) is 5.82 Å². The number of likely N-dealkylation sites (N-methyl/N-ethyl adjacent to an activating group) is 1. The number of ether oxygens (including phenoxy) is 3. The van der Waals surface area contributed by atoms with Crippen molar-refractivity contribution < 1.29 is 23.8 Å². The Kier molecular flexibility index (Phi) is 9.90. The number of benzene rings is 1. The summed E-state index contributed by atoms with van der Waals surface area (Å²) in [6, 6.07) is 6.59. The lowest BCUT2D eigenvalue weighted by molar-refractivity contribution is 0.0600. The molecule has 29 heavy (non-hydrogen) atoms. The molecule has 11 heteroatoms. The minimum atomic E-state index is -0.889. The van der Waals surface area contributed by atoms with E-state index >= 15 is 0 Å². The molecule has 1 aromatic carbocycles. The molecule has 0 saturated carbocycles. The number of rotatable bonds is 9. The minimum absolute atomic E-state index is 0. The fourth-order valence-electron chi connectivity index (χ4n) is 2.42. The van der Waals surface area contributed by atoms with E-state index in [-0.39, 0.29) is 24.1 Å². The second-order valence-electron chi connectivity index (χ2n) is 5.73. The molecule has 160 valence electrons. The second-order valence-corrected chi connectivity index (χ2v) is 5.73. The molecule has 1 aromatic heterocycles. The Bertz CT molecular complexity index is 792. The zero-order valence-electron chi connectivity index (χ0n) is 16.9. The molecule has 0 aliphatic rings. The van der Waals surface area contributed by atoms with Gasteiger partial charge in [-0.3, -0.25) is 0 Å². The molecule has 10 nitrogen and oxygen atoms in total. The van der Waals surface area contributed by atoms with Gasteiger partial charge in [-0.15, -0.1) is 22.6 Å². The fraction of sp³-hybridized carbons (Fsp3) is 0.444. The third-order valence-electron chi connectivity index (χ3n) is 4.05. The Morgan fingerprint density at radius 1 is 1.07 bits per heavy atom. The largest absolute Gasteiger partial charge is 0.515 e. The summed E-state index contributed by atoms with van der Waals surface area (Å²) >= 11 is 0. The van der Waals surface area contributed by atoms with Crippen molar-refractivity contribution in [2.75, 3.05) is 39.2 Å². The standard InChI is InChI=1S/C18H25N5O5.ClH/c1-5-22(6-2)11-12-23-20-15(16(21-23)28-18(25)27-4)19-14-9-7-13(8-10-14)17(24)26-3;/h7-10H,5-6,11-12H2,1-4H3,(H,19,20);1H. The SMILES string of the molecule is CCN(CC)CCn1nc(Nc2ccc(C(=O)OC)cc2)c(OC(=O)OC)n1.Cl. The molecule has 0 amide bonds. The van der Waals surface area contributed by atoms with E-state index in [1.54, 1.807) is 24.3 Å². The molecule has 0 unspecified atom stereocenters. The molecule has 0 atom stereocenters. The number of carbonyl (C=O) groups excluding carboxylic acids is 2. The van der Waals surface area contributed by atoms with Crippen molar-refractivity contribution in [1.82, 2.24) is 19.9 Å². The number of hydrogen-bond acceptors (Lipinski definition) is 9. The van der Waals surface area contributed by atoms with E-state index in [0.717, 1.165) is 19.6 Å². The van der Waals surface area contributed by atoms with E-state index in [2.05, 4.69) is 43.7 Å². The highest BCUT2D eigenvalue weighted by molar-refractivity contribution is 5.89. The van der Waals surface area contributed by atoms with E-state index in [0.29, 0.717) is 17.8 Å². The maximum atomic E-state index is 11.5. The van der Waals surface area contributed by atoms with Crippen LogP contribution in [0.15, 0.2) is 24.3 Å². The van der Waals surface area contributed by atoms with Crippen molar-refractivity contribution in [3.05, 3.63) is 29.8 Å². The number of aromatic nitrogens is 3. The van der Waals surface area contributed by atoms with Gasteiger partial charge in [-0.05, 0) is 37.4 Å². The first-order valence-electron chi connectivity index (χ1n) is 8.89. The molecule has 0 saturated heterocycles. The van der Waals surface area contributed by atoms with E-state index in [1.165, 1.54) is 19.0 Å². The highest BCUT2D eigenvalue weighted by atomic mass is 35.5. The first-order valence-corrected chi connectivity index (χ1v) is 8.89. The van der Waals surface area contributed by atoms with Crippen LogP contribution < -0.4 is 10.1 Å². The molecular formula is C18H26ClN5O5. The number of nitrogens with zero attached hydrogens (tertiary/aromatic N) is 4. The van der Waals surface area contributed by atoms with Crippen LogP contribution in [0.2, 0.25) is 0 Å². The van der Waals surface area contributed by atoms with Crippen molar-refractivity contribution in [3.63, 3.8) is 0 Å². The van der Waals surface area contributed by atoms with Gasteiger partial charge in [0.15, 0.2) is 0 Å². The third-order valence-corrected chi connectivity index (χ3v) is 4.05. The maximum absolute atomic E-state index is 11.5. The summed E-state index contributed by atoms with van der Waals surface area (Å²) in [5.74, 6) is -0.164. The Morgan fingerprint density at radius 2 is 1.72 bits per heavy atom. The molecule has 1 N–H and O–H groups in total. The van der Waals surface area contributed by atoms with Crippen molar-refractivity contribution in [1.29, 1.82) is 0 Å². The lowest BCUT2D eigenvalue weighted by Gasteiger charge is -2.16. The summed E-state index contributed by atoms with van der Waals surface area (Å²) in [4.78, 5) is 26.7. The summed E-state index contributed by atoms with van der Waals surface area (Å²) < 4.78 is 14.3. The Labute approximate surface area is 175 Å². The van der Waals surface area contributed by atoms with Crippen LogP contribution in [0, 0.1) is 0 Å². The topological polar surface area (TPSA) is 108 Å². The fourth-order valence-corrected chi connectivity index (χ4v) is 2.42. The summed E-state index contributed by atoms with van der Waals surface area (Å²) in [6.45, 7) is 7.28. The zero-order chi connectivity index (χ0) is 20.5.